The second kappa shape index (κ2) is 12.9. The minimum atomic E-state index is -4.20. The number of piperazine rings is 1. The van der Waals surface area contributed by atoms with E-state index in [4.69, 9.17) is 4.74 Å². The van der Waals surface area contributed by atoms with Crippen molar-refractivity contribution in [2.45, 2.75) is 43.3 Å². The van der Waals surface area contributed by atoms with Crippen LogP contribution >= 0.6 is 0 Å². The SMILES string of the molecule is CN1CCN(Cc2ccc(C(=O)Nc3n[nH]c4c3CN(S(=O)(=O)c3cc(F)cc(F)c3)CC4)c(NC3CCOCC3)c2)CC1. The number of benzene rings is 2. The van der Waals surface area contributed by atoms with Crippen LogP contribution in [0.1, 0.15) is 40.0 Å². The number of H-pyrrole nitrogens is 1. The highest BCUT2D eigenvalue weighted by Gasteiger charge is 2.32. The van der Waals surface area contributed by atoms with Crippen LogP contribution in [0.4, 0.5) is 20.3 Å². The van der Waals surface area contributed by atoms with Gasteiger partial charge in [-0.1, -0.05) is 6.07 Å². The molecule has 11 nitrogen and oxygen atoms in total. The van der Waals surface area contributed by atoms with Crippen LogP contribution in [0.5, 0.6) is 0 Å². The zero-order chi connectivity index (χ0) is 30.8. The van der Waals surface area contributed by atoms with E-state index >= 15 is 0 Å². The molecule has 2 fully saturated rings. The normalized spacial score (nSPS) is 19.1. The molecule has 3 aliphatic heterocycles. The summed E-state index contributed by atoms with van der Waals surface area (Å²) in [4.78, 5) is 18.0. The van der Waals surface area contributed by atoms with Gasteiger partial charge in [-0.05, 0) is 49.7 Å². The zero-order valence-electron chi connectivity index (χ0n) is 24.6. The number of carbonyl (C=O) groups excluding carboxylic acids is 1. The first-order chi connectivity index (χ1) is 21.2. The highest BCUT2D eigenvalue weighted by atomic mass is 32.2. The van der Waals surface area contributed by atoms with Crippen LogP contribution in [-0.2, 0) is 34.3 Å². The Kier molecular flexibility index (Phi) is 8.96. The number of nitrogens with one attached hydrogen (secondary N) is 3. The van der Waals surface area contributed by atoms with Gasteiger partial charge >= 0.3 is 0 Å². The van der Waals surface area contributed by atoms with Crippen LogP contribution in [0.3, 0.4) is 0 Å². The Morgan fingerprint density at radius 3 is 2.50 bits per heavy atom. The van der Waals surface area contributed by atoms with Gasteiger partial charge in [-0.25, -0.2) is 17.2 Å². The van der Waals surface area contributed by atoms with Gasteiger partial charge in [0, 0.05) is 94.5 Å². The molecule has 2 aromatic carbocycles. The number of carbonyl (C=O) groups is 1. The van der Waals surface area contributed by atoms with Gasteiger partial charge in [0.2, 0.25) is 10.0 Å². The summed E-state index contributed by atoms with van der Waals surface area (Å²) < 4.78 is 60.8. The van der Waals surface area contributed by atoms with Crippen molar-refractivity contribution < 1.29 is 26.7 Å². The molecule has 3 aliphatic rings. The monoisotopic (exact) mass is 629 g/mol. The first kappa shape index (κ1) is 30.6. The van der Waals surface area contributed by atoms with Gasteiger partial charge in [0.05, 0.1) is 10.5 Å². The van der Waals surface area contributed by atoms with E-state index in [0.717, 1.165) is 73.3 Å². The molecule has 4 heterocycles. The molecule has 3 N–H and O–H groups in total. The lowest BCUT2D eigenvalue weighted by molar-refractivity contribution is 0.0904. The predicted octanol–water partition coefficient (Wildman–Crippen LogP) is 3.03. The summed E-state index contributed by atoms with van der Waals surface area (Å²) in [5.41, 5.74) is 3.48. The Morgan fingerprint density at radius 1 is 1.05 bits per heavy atom. The van der Waals surface area contributed by atoms with Gasteiger partial charge in [0.1, 0.15) is 11.6 Å². The van der Waals surface area contributed by atoms with E-state index in [9.17, 15) is 22.0 Å². The average Bonchev–Trinajstić information content (AvgIpc) is 3.40. The summed E-state index contributed by atoms with van der Waals surface area (Å²) in [5.74, 6) is -2.12. The van der Waals surface area contributed by atoms with Crippen molar-refractivity contribution in [3.63, 3.8) is 0 Å². The van der Waals surface area contributed by atoms with E-state index < -0.39 is 26.6 Å². The molecule has 6 rings (SSSR count). The van der Waals surface area contributed by atoms with Crippen molar-refractivity contribution in [2.75, 3.05) is 63.6 Å². The summed E-state index contributed by atoms with van der Waals surface area (Å²) >= 11 is 0. The lowest BCUT2D eigenvalue weighted by Crippen LogP contribution is -2.43. The van der Waals surface area contributed by atoms with E-state index in [1.54, 1.807) is 0 Å². The largest absolute Gasteiger partial charge is 0.381 e. The number of halogens is 2. The molecule has 0 saturated carbocycles. The predicted molar refractivity (Wildman–Crippen MR) is 161 cm³/mol. The Morgan fingerprint density at radius 2 is 1.77 bits per heavy atom. The quantitative estimate of drug-likeness (QED) is 0.348. The minimum Gasteiger partial charge on any atom is -0.381 e. The summed E-state index contributed by atoms with van der Waals surface area (Å²) in [6, 6.07) is 8.21. The number of rotatable bonds is 8. The molecule has 0 radical (unpaired) electrons. The number of hydrogen-bond donors (Lipinski definition) is 3. The highest BCUT2D eigenvalue weighted by molar-refractivity contribution is 7.89. The van der Waals surface area contributed by atoms with Crippen LogP contribution in [0.25, 0.3) is 0 Å². The molecule has 0 bridgehead atoms. The maximum atomic E-state index is 13.8. The van der Waals surface area contributed by atoms with Crippen LogP contribution < -0.4 is 10.6 Å². The fourth-order valence-electron chi connectivity index (χ4n) is 5.91. The molecule has 0 atom stereocenters. The molecule has 44 heavy (non-hydrogen) atoms. The lowest BCUT2D eigenvalue weighted by Gasteiger charge is -2.32. The van der Waals surface area contributed by atoms with Crippen molar-refractivity contribution >= 4 is 27.4 Å². The van der Waals surface area contributed by atoms with Gasteiger partial charge in [0.15, 0.2) is 5.82 Å². The van der Waals surface area contributed by atoms with Crippen LogP contribution in [0.2, 0.25) is 0 Å². The third-order valence-electron chi connectivity index (χ3n) is 8.52. The maximum Gasteiger partial charge on any atom is 0.258 e. The fraction of sp³-hybridized carbons (Fsp3) is 0.467. The number of ether oxygens (including phenoxy) is 1. The van der Waals surface area contributed by atoms with Crippen molar-refractivity contribution in [1.82, 2.24) is 24.3 Å². The Labute approximate surface area is 255 Å². The highest BCUT2D eigenvalue weighted by Crippen LogP contribution is 2.30. The second-order valence-electron chi connectivity index (χ2n) is 11.7. The van der Waals surface area contributed by atoms with Crippen molar-refractivity contribution in [3.8, 4) is 0 Å². The van der Waals surface area contributed by atoms with Crippen molar-refractivity contribution in [3.05, 3.63) is 70.4 Å². The number of hydrogen-bond acceptors (Lipinski definition) is 8. The fourth-order valence-corrected chi connectivity index (χ4v) is 7.37. The maximum absolute atomic E-state index is 13.8. The van der Waals surface area contributed by atoms with E-state index in [1.807, 2.05) is 18.2 Å². The number of amides is 1. The van der Waals surface area contributed by atoms with Crippen LogP contribution in [0.15, 0.2) is 41.3 Å². The first-order valence-corrected chi connectivity index (χ1v) is 16.3. The standard InChI is InChI=1S/C30H37F2N7O4S/c1-37-8-10-38(11-9-37)18-20-2-3-25(28(14-20)33-23-5-12-43-13-6-23)30(40)34-29-26-19-39(7-4-27(26)35-36-29)44(41,42)24-16-21(31)15-22(32)17-24/h2-3,14-17,23,33H,4-13,18-19H2,1H3,(H2,34,35,36,40). The zero-order valence-corrected chi connectivity index (χ0v) is 25.4. The van der Waals surface area contributed by atoms with Gasteiger partial charge in [-0.3, -0.25) is 14.8 Å². The molecular weight excluding hydrogens is 592 g/mol. The molecule has 0 unspecified atom stereocenters. The van der Waals surface area contributed by atoms with E-state index in [2.05, 4.69) is 37.7 Å². The van der Waals surface area contributed by atoms with Crippen LogP contribution in [-0.4, -0.2) is 97.7 Å². The smallest absolute Gasteiger partial charge is 0.258 e. The molecule has 1 aromatic heterocycles. The Bertz CT molecular complexity index is 1600. The number of nitrogens with zero attached hydrogens (tertiary/aromatic N) is 4. The van der Waals surface area contributed by atoms with E-state index in [-0.39, 0.29) is 30.9 Å². The minimum absolute atomic E-state index is 0.0942. The first-order valence-electron chi connectivity index (χ1n) is 14.9. The number of anilines is 2. The Balaban J connectivity index is 1.22. The van der Waals surface area contributed by atoms with Crippen LogP contribution in [0, 0.1) is 11.6 Å². The van der Waals surface area contributed by atoms with E-state index in [0.29, 0.717) is 42.5 Å². The molecule has 0 spiro atoms. The summed E-state index contributed by atoms with van der Waals surface area (Å²) in [6.45, 7) is 6.06. The summed E-state index contributed by atoms with van der Waals surface area (Å²) in [6.07, 6.45) is 1.96. The molecular formula is C30H37F2N7O4S. The molecule has 2 saturated heterocycles. The third kappa shape index (κ3) is 6.79. The third-order valence-corrected chi connectivity index (χ3v) is 10.3. The Hall–Kier alpha value is -3.43. The number of sulfonamides is 1. The second-order valence-corrected chi connectivity index (χ2v) is 13.6. The number of aromatic nitrogens is 2. The molecule has 236 valence electrons. The van der Waals surface area contributed by atoms with Gasteiger partial charge in [-0.15, -0.1) is 0 Å². The molecule has 3 aromatic rings. The average molecular weight is 630 g/mol. The molecule has 0 aliphatic carbocycles. The number of aromatic amines is 1. The van der Waals surface area contributed by atoms with E-state index in [1.165, 1.54) is 0 Å². The topological polar surface area (TPSA) is 123 Å². The lowest BCUT2D eigenvalue weighted by atomic mass is 10.0. The van der Waals surface area contributed by atoms with Gasteiger partial charge in [0.25, 0.3) is 5.91 Å². The summed E-state index contributed by atoms with van der Waals surface area (Å²) in [7, 11) is -2.07. The van der Waals surface area contributed by atoms with Crippen molar-refractivity contribution in [1.29, 1.82) is 0 Å². The summed E-state index contributed by atoms with van der Waals surface area (Å²) in [5, 5.41) is 13.6. The van der Waals surface area contributed by atoms with Gasteiger partial charge in [-0.2, -0.15) is 9.40 Å². The number of fused-ring (bicyclic) bond motifs is 1. The molecule has 14 heteroatoms. The van der Waals surface area contributed by atoms with Gasteiger partial charge < -0.3 is 20.3 Å². The number of likely N-dealkylation sites (N-methyl/N-ethyl adjacent to an activating group) is 1. The van der Waals surface area contributed by atoms with Crippen molar-refractivity contribution in [2.24, 2.45) is 0 Å². The molecule has 1 amide bonds.